The van der Waals surface area contributed by atoms with Crippen LogP contribution < -0.4 is 14.8 Å². The maximum atomic E-state index is 11.8. The van der Waals surface area contributed by atoms with Crippen LogP contribution in [0.25, 0.3) is 0 Å². The molecule has 7 heteroatoms. The van der Waals surface area contributed by atoms with E-state index in [2.05, 4.69) is 5.32 Å². The average Bonchev–Trinajstić information content (AvgIpc) is 2.84. The summed E-state index contributed by atoms with van der Waals surface area (Å²) in [6.45, 7) is 0.771. The van der Waals surface area contributed by atoms with Crippen molar-refractivity contribution in [3.8, 4) is 11.5 Å². The SMILES string of the molecule is COc1ccc(OCCNC(=O)C2COC(=O)N2C)cc1. The normalized spacial score (nSPS) is 17.3. The van der Waals surface area contributed by atoms with Crippen molar-refractivity contribution < 1.29 is 23.8 Å². The minimum absolute atomic E-state index is 0.0838. The van der Waals surface area contributed by atoms with Crippen LogP contribution in [0.3, 0.4) is 0 Å². The molecule has 1 saturated heterocycles. The molecule has 1 atom stereocenters. The molecule has 1 N–H and O–H groups in total. The van der Waals surface area contributed by atoms with Gasteiger partial charge in [-0.3, -0.25) is 9.69 Å². The van der Waals surface area contributed by atoms with Gasteiger partial charge in [-0.25, -0.2) is 4.79 Å². The minimum Gasteiger partial charge on any atom is -0.497 e. The molecule has 1 aromatic rings. The molecule has 21 heavy (non-hydrogen) atoms. The number of ether oxygens (including phenoxy) is 3. The van der Waals surface area contributed by atoms with E-state index in [-0.39, 0.29) is 12.5 Å². The Morgan fingerprint density at radius 1 is 1.38 bits per heavy atom. The molecule has 1 heterocycles. The van der Waals surface area contributed by atoms with Crippen molar-refractivity contribution in [2.75, 3.05) is 33.9 Å². The number of likely N-dealkylation sites (N-methyl/N-ethyl adjacent to an activating group) is 1. The number of cyclic esters (lactones) is 1. The molecular weight excluding hydrogens is 276 g/mol. The number of methoxy groups -OCH3 is 1. The van der Waals surface area contributed by atoms with Gasteiger partial charge in [0, 0.05) is 7.05 Å². The molecule has 0 radical (unpaired) electrons. The van der Waals surface area contributed by atoms with Crippen molar-refractivity contribution in [2.45, 2.75) is 6.04 Å². The largest absolute Gasteiger partial charge is 0.497 e. The van der Waals surface area contributed by atoms with E-state index in [4.69, 9.17) is 14.2 Å². The average molecular weight is 294 g/mol. The first-order valence-corrected chi connectivity index (χ1v) is 6.56. The molecule has 1 fully saturated rings. The highest BCUT2D eigenvalue weighted by Crippen LogP contribution is 2.16. The number of carbonyl (C=O) groups is 2. The predicted octanol–water partition coefficient (Wildman–Crippen LogP) is 0.641. The number of hydrogen-bond acceptors (Lipinski definition) is 5. The summed E-state index contributed by atoms with van der Waals surface area (Å²) >= 11 is 0. The van der Waals surface area contributed by atoms with E-state index < -0.39 is 12.1 Å². The van der Waals surface area contributed by atoms with Crippen LogP contribution in [0, 0.1) is 0 Å². The van der Waals surface area contributed by atoms with E-state index in [1.54, 1.807) is 31.4 Å². The van der Waals surface area contributed by atoms with Gasteiger partial charge in [0.1, 0.15) is 30.8 Å². The summed E-state index contributed by atoms with van der Waals surface area (Å²) in [5.41, 5.74) is 0. The van der Waals surface area contributed by atoms with E-state index in [0.717, 1.165) is 5.75 Å². The first-order valence-electron chi connectivity index (χ1n) is 6.56. The van der Waals surface area contributed by atoms with Crippen molar-refractivity contribution >= 4 is 12.0 Å². The summed E-state index contributed by atoms with van der Waals surface area (Å²) in [7, 11) is 3.13. The van der Waals surface area contributed by atoms with Crippen LogP contribution in [0.15, 0.2) is 24.3 Å². The van der Waals surface area contributed by atoms with Crippen LogP contribution in [-0.4, -0.2) is 56.9 Å². The van der Waals surface area contributed by atoms with Gasteiger partial charge < -0.3 is 19.5 Å². The van der Waals surface area contributed by atoms with Crippen molar-refractivity contribution in [1.29, 1.82) is 0 Å². The number of amides is 2. The Bertz CT molecular complexity index is 503. The van der Waals surface area contributed by atoms with Gasteiger partial charge in [0.05, 0.1) is 13.7 Å². The molecule has 0 saturated carbocycles. The van der Waals surface area contributed by atoms with Crippen LogP contribution in [0.1, 0.15) is 0 Å². The molecular formula is C14H18N2O5. The smallest absolute Gasteiger partial charge is 0.410 e. The molecule has 2 amide bonds. The van der Waals surface area contributed by atoms with Gasteiger partial charge in [0.2, 0.25) is 5.91 Å². The molecule has 0 spiro atoms. The molecule has 7 nitrogen and oxygen atoms in total. The van der Waals surface area contributed by atoms with Gasteiger partial charge in [-0.1, -0.05) is 0 Å². The highest BCUT2D eigenvalue weighted by molar-refractivity contribution is 5.87. The number of nitrogens with one attached hydrogen (secondary N) is 1. The third-order valence-electron chi connectivity index (χ3n) is 3.15. The van der Waals surface area contributed by atoms with Crippen LogP contribution in [0.4, 0.5) is 4.79 Å². The Morgan fingerprint density at radius 3 is 2.62 bits per heavy atom. The maximum Gasteiger partial charge on any atom is 0.410 e. The third kappa shape index (κ3) is 3.77. The van der Waals surface area contributed by atoms with Gasteiger partial charge in [-0.2, -0.15) is 0 Å². The molecule has 2 rings (SSSR count). The van der Waals surface area contributed by atoms with Gasteiger partial charge in [0.15, 0.2) is 0 Å². The minimum atomic E-state index is -0.571. The summed E-state index contributed by atoms with van der Waals surface area (Å²) in [5, 5.41) is 2.71. The molecule has 114 valence electrons. The lowest BCUT2D eigenvalue weighted by molar-refractivity contribution is -0.124. The van der Waals surface area contributed by atoms with Gasteiger partial charge in [0.25, 0.3) is 0 Å². The topological polar surface area (TPSA) is 77.1 Å². The lowest BCUT2D eigenvalue weighted by Gasteiger charge is -2.15. The van der Waals surface area contributed by atoms with Gasteiger partial charge >= 0.3 is 6.09 Å². The van der Waals surface area contributed by atoms with Crippen molar-refractivity contribution in [3.63, 3.8) is 0 Å². The fourth-order valence-corrected chi connectivity index (χ4v) is 1.88. The van der Waals surface area contributed by atoms with Crippen LogP contribution >= 0.6 is 0 Å². The van der Waals surface area contributed by atoms with E-state index >= 15 is 0 Å². The first-order chi connectivity index (χ1) is 10.1. The van der Waals surface area contributed by atoms with E-state index in [1.165, 1.54) is 11.9 Å². The number of rotatable bonds is 6. The Kier molecular flexibility index (Phi) is 4.86. The molecule has 1 aliphatic rings. The second-order valence-electron chi connectivity index (χ2n) is 4.52. The Morgan fingerprint density at radius 2 is 2.05 bits per heavy atom. The molecule has 1 unspecified atom stereocenters. The summed E-state index contributed by atoms with van der Waals surface area (Å²) in [6.07, 6.45) is -0.482. The van der Waals surface area contributed by atoms with E-state index in [1.807, 2.05) is 0 Å². The van der Waals surface area contributed by atoms with Gasteiger partial charge in [-0.05, 0) is 24.3 Å². The summed E-state index contributed by atoms with van der Waals surface area (Å²) in [4.78, 5) is 24.3. The number of nitrogens with zero attached hydrogens (tertiary/aromatic N) is 1. The Balaban J connectivity index is 1.69. The zero-order chi connectivity index (χ0) is 15.2. The predicted molar refractivity (Wildman–Crippen MR) is 74.4 cm³/mol. The van der Waals surface area contributed by atoms with Gasteiger partial charge in [-0.15, -0.1) is 0 Å². The molecule has 0 aliphatic carbocycles. The first kappa shape index (κ1) is 15.0. The zero-order valence-corrected chi connectivity index (χ0v) is 12.0. The third-order valence-corrected chi connectivity index (χ3v) is 3.15. The molecule has 1 aliphatic heterocycles. The highest BCUT2D eigenvalue weighted by Gasteiger charge is 2.34. The van der Waals surface area contributed by atoms with Crippen molar-refractivity contribution in [3.05, 3.63) is 24.3 Å². The molecule has 0 aromatic heterocycles. The number of benzene rings is 1. The quantitative estimate of drug-likeness (QED) is 0.779. The fourth-order valence-electron chi connectivity index (χ4n) is 1.88. The molecule has 1 aromatic carbocycles. The fraction of sp³-hybridized carbons (Fsp3) is 0.429. The van der Waals surface area contributed by atoms with Crippen molar-refractivity contribution in [1.82, 2.24) is 10.2 Å². The van der Waals surface area contributed by atoms with Crippen LogP contribution in [0.2, 0.25) is 0 Å². The Hall–Kier alpha value is -2.44. The Labute approximate surface area is 122 Å². The summed E-state index contributed by atoms with van der Waals surface area (Å²) in [5.74, 6) is 1.20. The van der Waals surface area contributed by atoms with E-state index in [9.17, 15) is 9.59 Å². The van der Waals surface area contributed by atoms with E-state index in [0.29, 0.717) is 18.9 Å². The second-order valence-corrected chi connectivity index (χ2v) is 4.52. The van der Waals surface area contributed by atoms with Crippen molar-refractivity contribution in [2.24, 2.45) is 0 Å². The zero-order valence-electron chi connectivity index (χ0n) is 12.0. The monoisotopic (exact) mass is 294 g/mol. The summed E-state index contributed by atoms with van der Waals surface area (Å²) < 4.78 is 15.3. The summed E-state index contributed by atoms with van der Waals surface area (Å²) in [6, 6.07) is 6.60. The second kappa shape index (κ2) is 6.83. The lowest BCUT2D eigenvalue weighted by Crippen LogP contribution is -2.44. The molecule has 0 bridgehead atoms. The number of hydrogen-bond donors (Lipinski definition) is 1. The highest BCUT2D eigenvalue weighted by atomic mass is 16.6. The number of carbonyl (C=O) groups excluding carboxylic acids is 2. The van der Waals surface area contributed by atoms with Crippen LogP contribution in [-0.2, 0) is 9.53 Å². The lowest BCUT2D eigenvalue weighted by atomic mass is 10.3. The maximum absolute atomic E-state index is 11.8. The van der Waals surface area contributed by atoms with Crippen LogP contribution in [0.5, 0.6) is 11.5 Å². The standard InChI is InChI=1S/C14H18N2O5/c1-16-12(9-21-14(16)18)13(17)15-7-8-20-11-5-3-10(19-2)4-6-11/h3-6,12H,7-9H2,1-2H3,(H,15,17).